The second-order valence-corrected chi connectivity index (χ2v) is 6.23. The van der Waals surface area contributed by atoms with Crippen molar-refractivity contribution in [1.29, 1.82) is 0 Å². The highest BCUT2D eigenvalue weighted by Crippen LogP contribution is 2.25. The van der Waals surface area contributed by atoms with Gasteiger partial charge in [0, 0.05) is 17.8 Å². The van der Waals surface area contributed by atoms with Crippen LogP contribution < -0.4 is 10.6 Å². The van der Waals surface area contributed by atoms with Crippen LogP contribution >= 0.6 is 0 Å². The molecule has 4 nitrogen and oxygen atoms in total. The molecule has 0 unspecified atom stereocenters. The summed E-state index contributed by atoms with van der Waals surface area (Å²) in [6, 6.07) is 14.8. The largest absolute Gasteiger partial charge is 0.445 e. The third-order valence-corrected chi connectivity index (χ3v) is 4.09. The van der Waals surface area contributed by atoms with E-state index in [0.717, 1.165) is 29.7 Å². The van der Waals surface area contributed by atoms with E-state index in [9.17, 15) is 9.18 Å². The number of nitrogens with one attached hydrogen (secondary N) is 2. The molecule has 3 rings (SSSR count). The SMILES string of the molecule is Cc1cc(F)cc(NC2CC(NC(=O)OCc3ccccc3)C2)c1. The van der Waals surface area contributed by atoms with E-state index in [1.54, 1.807) is 0 Å². The lowest BCUT2D eigenvalue weighted by molar-refractivity contribution is 0.129. The van der Waals surface area contributed by atoms with Gasteiger partial charge in [-0.15, -0.1) is 0 Å². The minimum atomic E-state index is -0.399. The summed E-state index contributed by atoms with van der Waals surface area (Å²) in [4.78, 5) is 11.8. The number of carbonyl (C=O) groups excluding carboxylic acids is 1. The highest BCUT2D eigenvalue weighted by molar-refractivity contribution is 5.67. The molecule has 0 aliphatic heterocycles. The Kier molecular flexibility index (Phi) is 4.99. The number of hydrogen-bond acceptors (Lipinski definition) is 3. The molecule has 2 aromatic rings. The van der Waals surface area contributed by atoms with Gasteiger partial charge < -0.3 is 15.4 Å². The first-order valence-corrected chi connectivity index (χ1v) is 8.09. The molecular formula is C19H21FN2O2. The van der Waals surface area contributed by atoms with Gasteiger partial charge in [-0.1, -0.05) is 30.3 Å². The summed E-state index contributed by atoms with van der Waals surface area (Å²) in [6.07, 6.45) is 1.20. The van der Waals surface area contributed by atoms with Crippen LogP contribution in [0.25, 0.3) is 0 Å². The van der Waals surface area contributed by atoms with Crippen LogP contribution in [0, 0.1) is 12.7 Å². The van der Waals surface area contributed by atoms with Gasteiger partial charge in [-0.3, -0.25) is 0 Å². The molecule has 0 aromatic heterocycles. The summed E-state index contributed by atoms with van der Waals surface area (Å²) in [5.74, 6) is -0.240. The van der Waals surface area contributed by atoms with Crippen molar-refractivity contribution in [2.75, 3.05) is 5.32 Å². The zero-order valence-electron chi connectivity index (χ0n) is 13.6. The summed E-state index contributed by atoms with van der Waals surface area (Å²) < 4.78 is 18.6. The van der Waals surface area contributed by atoms with Gasteiger partial charge in [0.25, 0.3) is 0 Å². The van der Waals surface area contributed by atoms with Crippen LogP contribution in [-0.2, 0) is 11.3 Å². The van der Waals surface area contributed by atoms with Crippen LogP contribution in [0.2, 0.25) is 0 Å². The number of aryl methyl sites for hydroxylation is 1. The van der Waals surface area contributed by atoms with Crippen LogP contribution in [0.4, 0.5) is 14.9 Å². The maximum Gasteiger partial charge on any atom is 0.407 e. The molecule has 24 heavy (non-hydrogen) atoms. The van der Waals surface area contributed by atoms with Gasteiger partial charge in [-0.05, 0) is 49.1 Å². The lowest BCUT2D eigenvalue weighted by Crippen LogP contribution is -2.49. The molecule has 0 radical (unpaired) electrons. The van der Waals surface area contributed by atoms with Crippen LogP contribution in [-0.4, -0.2) is 18.2 Å². The van der Waals surface area contributed by atoms with Gasteiger partial charge in [0.1, 0.15) is 12.4 Å². The van der Waals surface area contributed by atoms with Crippen molar-refractivity contribution in [3.63, 3.8) is 0 Å². The second-order valence-electron chi connectivity index (χ2n) is 6.23. The van der Waals surface area contributed by atoms with Gasteiger partial charge in [0.2, 0.25) is 0 Å². The fraction of sp³-hybridized carbons (Fsp3) is 0.316. The van der Waals surface area contributed by atoms with Crippen molar-refractivity contribution < 1.29 is 13.9 Å². The van der Waals surface area contributed by atoms with Gasteiger partial charge >= 0.3 is 6.09 Å². The minimum Gasteiger partial charge on any atom is -0.445 e. The van der Waals surface area contributed by atoms with Gasteiger partial charge in [-0.2, -0.15) is 0 Å². The summed E-state index contributed by atoms with van der Waals surface area (Å²) in [6.45, 7) is 2.13. The number of anilines is 1. The maximum absolute atomic E-state index is 13.4. The molecule has 0 atom stereocenters. The Bertz CT molecular complexity index is 680. The number of ether oxygens (including phenoxy) is 1. The van der Waals surface area contributed by atoms with Gasteiger partial charge in [0.15, 0.2) is 0 Å². The topological polar surface area (TPSA) is 50.4 Å². The van der Waals surface area contributed by atoms with Crippen molar-refractivity contribution in [3.05, 3.63) is 65.5 Å². The van der Waals surface area contributed by atoms with Crippen molar-refractivity contribution in [2.24, 2.45) is 0 Å². The van der Waals surface area contributed by atoms with E-state index < -0.39 is 6.09 Å². The number of benzene rings is 2. The first-order valence-electron chi connectivity index (χ1n) is 8.09. The Morgan fingerprint density at radius 2 is 1.92 bits per heavy atom. The molecule has 0 spiro atoms. The van der Waals surface area contributed by atoms with E-state index in [1.165, 1.54) is 12.1 Å². The van der Waals surface area contributed by atoms with Crippen molar-refractivity contribution in [2.45, 2.75) is 38.5 Å². The number of alkyl carbamates (subject to hydrolysis) is 1. The third-order valence-electron chi connectivity index (χ3n) is 4.09. The van der Waals surface area contributed by atoms with Crippen molar-refractivity contribution in [3.8, 4) is 0 Å². The molecule has 1 amide bonds. The first kappa shape index (κ1) is 16.3. The minimum absolute atomic E-state index is 0.0976. The molecule has 5 heteroatoms. The lowest BCUT2D eigenvalue weighted by Gasteiger charge is -2.36. The average Bonchev–Trinajstić information content (AvgIpc) is 2.51. The van der Waals surface area contributed by atoms with E-state index in [2.05, 4.69) is 10.6 Å². The molecule has 1 aliphatic rings. The van der Waals surface area contributed by atoms with Crippen LogP contribution in [0.15, 0.2) is 48.5 Å². The summed E-state index contributed by atoms with van der Waals surface area (Å²) in [5, 5.41) is 6.14. The Labute approximate surface area is 141 Å². The summed E-state index contributed by atoms with van der Waals surface area (Å²) >= 11 is 0. The zero-order valence-corrected chi connectivity index (χ0v) is 13.6. The van der Waals surface area contributed by atoms with Crippen LogP contribution in [0.1, 0.15) is 24.0 Å². The standard InChI is InChI=1S/C19H21FN2O2/c1-13-7-15(20)9-16(8-13)21-17-10-18(11-17)22-19(23)24-12-14-5-3-2-4-6-14/h2-9,17-18,21H,10-12H2,1H3,(H,22,23). The van der Waals surface area contributed by atoms with E-state index in [1.807, 2.05) is 43.3 Å². The number of carbonyl (C=O) groups is 1. The maximum atomic E-state index is 13.4. The molecule has 1 aliphatic carbocycles. The zero-order chi connectivity index (χ0) is 16.9. The summed E-state index contributed by atoms with van der Waals surface area (Å²) in [5.41, 5.74) is 2.63. The molecule has 0 bridgehead atoms. The predicted octanol–water partition coefficient (Wildman–Crippen LogP) is 4.00. The molecular weight excluding hydrogens is 307 g/mol. The first-order chi connectivity index (χ1) is 11.6. The van der Waals surface area contributed by atoms with Gasteiger partial charge in [0.05, 0.1) is 0 Å². The number of amides is 1. The molecule has 0 saturated heterocycles. The van der Waals surface area contributed by atoms with E-state index >= 15 is 0 Å². The van der Waals surface area contributed by atoms with E-state index in [4.69, 9.17) is 4.74 Å². The fourth-order valence-corrected chi connectivity index (χ4v) is 2.84. The van der Waals surface area contributed by atoms with Crippen LogP contribution in [0.5, 0.6) is 0 Å². The van der Waals surface area contributed by atoms with E-state index in [0.29, 0.717) is 0 Å². The molecule has 0 heterocycles. The smallest absolute Gasteiger partial charge is 0.407 e. The number of rotatable bonds is 5. The van der Waals surface area contributed by atoms with Crippen molar-refractivity contribution in [1.82, 2.24) is 5.32 Å². The summed E-state index contributed by atoms with van der Waals surface area (Å²) in [7, 11) is 0. The molecule has 1 saturated carbocycles. The Hall–Kier alpha value is -2.56. The normalized spacial score (nSPS) is 19.2. The average molecular weight is 328 g/mol. The lowest BCUT2D eigenvalue weighted by atomic mass is 9.86. The number of hydrogen-bond donors (Lipinski definition) is 2. The predicted molar refractivity (Wildman–Crippen MR) is 91.3 cm³/mol. The Balaban J connectivity index is 1.38. The Morgan fingerprint density at radius 3 is 2.62 bits per heavy atom. The van der Waals surface area contributed by atoms with Gasteiger partial charge in [-0.25, -0.2) is 9.18 Å². The quantitative estimate of drug-likeness (QED) is 0.872. The second kappa shape index (κ2) is 7.34. The number of halogens is 1. The van der Waals surface area contributed by atoms with Crippen molar-refractivity contribution >= 4 is 11.8 Å². The van der Waals surface area contributed by atoms with Crippen LogP contribution in [0.3, 0.4) is 0 Å². The molecule has 2 aromatic carbocycles. The Morgan fingerprint density at radius 1 is 1.17 bits per heavy atom. The van der Waals surface area contributed by atoms with E-state index in [-0.39, 0.29) is 24.5 Å². The fourth-order valence-electron chi connectivity index (χ4n) is 2.84. The molecule has 126 valence electrons. The highest BCUT2D eigenvalue weighted by atomic mass is 19.1. The molecule has 1 fully saturated rings. The third kappa shape index (κ3) is 4.47. The molecule has 2 N–H and O–H groups in total. The monoisotopic (exact) mass is 328 g/mol. The highest BCUT2D eigenvalue weighted by Gasteiger charge is 2.30.